The Morgan fingerprint density at radius 1 is 1.18 bits per heavy atom. The van der Waals surface area contributed by atoms with Crippen molar-refractivity contribution in [1.82, 2.24) is 19.9 Å². The van der Waals surface area contributed by atoms with Gasteiger partial charge in [-0.15, -0.1) is 0 Å². The Morgan fingerprint density at radius 2 is 1.88 bits per heavy atom. The summed E-state index contributed by atoms with van der Waals surface area (Å²) in [5, 5.41) is 0. The molecular formula is C8H3Br2F3N4. The molecule has 1 N–H and O–H groups in total. The number of aromatic amines is 1. The first-order valence-electron chi connectivity index (χ1n) is 4.19. The van der Waals surface area contributed by atoms with Crippen LogP contribution in [0.5, 0.6) is 0 Å². The molecular weight excluding hydrogens is 369 g/mol. The summed E-state index contributed by atoms with van der Waals surface area (Å²) in [7, 11) is 0. The Balaban J connectivity index is 2.49. The van der Waals surface area contributed by atoms with Crippen LogP contribution in [0.3, 0.4) is 0 Å². The van der Waals surface area contributed by atoms with Crippen molar-refractivity contribution in [2.24, 2.45) is 0 Å². The van der Waals surface area contributed by atoms with E-state index < -0.39 is 11.9 Å². The second kappa shape index (κ2) is 4.37. The maximum atomic E-state index is 12.5. The molecule has 2 rings (SSSR count). The minimum absolute atomic E-state index is 0.0505. The van der Waals surface area contributed by atoms with Crippen molar-refractivity contribution in [3.63, 3.8) is 0 Å². The van der Waals surface area contributed by atoms with Gasteiger partial charge in [-0.25, -0.2) is 15.0 Å². The highest BCUT2D eigenvalue weighted by Gasteiger charge is 2.36. The van der Waals surface area contributed by atoms with E-state index in [4.69, 9.17) is 0 Å². The van der Waals surface area contributed by atoms with Gasteiger partial charge in [0.15, 0.2) is 17.3 Å². The molecule has 0 unspecified atom stereocenters. The van der Waals surface area contributed by atoms with E-state index in [0.717, 1.165) is 0 Å². The summed E-state index contributed by atoms with van der Waals surface area (Å²) in [5.74, 6) is 0.0288. The molecule has 17 heavy (non-hydrogen) atoms. The highest BCUT2D eigenvalue weighted by molar-refractivity contribution is 9.10. The van der Waals surface area contributed by atoms with E-state index in [-0.39, 0.29) is 16.3 Å². The predicted molar refractivity (Wildman–Crippen MR) is 60.0 cm³/mol. The number of hydrogen-bond acceptors (Lipinski definition) is 3. The zero-order valence-corrected chi connectivity index (χ0v) is 11.1. The van der Waals surface area contributed by atoms with Crippen LogP contribution in [0.4, 0.5) is 13.2 Å². The van der Waals surface area contributed by atoms with E-state index in [0.29, 0.717) is 4.60 Å². The van der Waals surface area contributed by atoms with Crippen LogP contribution < -0.4 is 0 Å². The van der Waals surface area contributed by atoms with Crippen LogP contribution in [-0.4, -0.2) is 19.9 Å². The lowest BCUT2D eigenvalue weighted by Crippen LogP contribution is -2.06. The molecule has 0 aliphatic heterocycles. The Hall–Kier alpha value is -0.960. The summed E-state index contributed by atoms with van der Waals surface area (Å²) < 4.78 is 37.7. The molecule has 0 amide bonds. The second-order valence-corrected chi connectivity index (χ2v) is 4.52. The first kappa shape index (κ1) is 12.5. The average Bonchev–Trinajstić information content (AvgIpc) is 2.60. The number of rotatable bonds is 1. The lowest BCUT2D eigenvalue weighted by molar-refractivity contribution is -0.141. The Labute approximate surface area is 110 Å². The van der Waals surface area contributed by atoms with Gasteiger partial charge in [-0.2, -0.15) is 13.2 Å². The van der Waals surface area contributed by atoms with Crippen molar-refractivity contribution in [2.75, 3.05) is 0 Å². The molecule has 0 saturated carbocycles. The molecule has 0 bridgehead atoms. The van der Waals surface area contributed by atoms with Crippen LogP contribution in [0.2, 0.25) is 0 Å². The van der Waals surface area contributed by atoms with E-state index >= 15 is 0 Å². The van der Waals surface area contributed by atoms with Crippen LogP contribution >= 0.6 is 31.9 Å². The fourth-order valence-electron chi connectivity index (χ4n) is 1.10. The zero-order chi connectivity index (χ0) is 12.6. The molecule has 0 aliphatic carbocycles. The van der Waals surface area contributed by atoms with E-state index in [9.17, 15) is 13.2 Å². The predicted octanol–water partition coefficient (Wildman–Crippen LogP) is 3.41. The largest absolute Gasteiger partial charge is 0.433 e. The van der Waals surface area contributed by atoms with Crippen LogP contribution in [0.1, 0.15) is 5.69 Å². The quantitative estimate of drug-likeness (QED) is 0.781. The van der Waals surface area contributed by atoms with Gasteiger partial charge < -0.3 is 4.98 Å². The Kier molecular flexibility index (Phi) is 3.21. The van der Waals surface area contributed by atoms with Gasteiger partial charge in [0.2, 0.25) is 0 Å². The minimum atomic E-state index is -4.50. The summed E-state index contributed by atoms with van der Waals surface area (Å²) in [6, 6.07) is 1.56. The van der Waals surface area contributed by atoms with E-state index in [1.54, 1.807) is 6.07 Å². The molecule has 0 atom stereocenters. The maximum Gasteiger partial charge on any atom is 0.433 e. The molecule has 0 radical (unpaired) electrons. The van der Waals surface area contributed by atoms with Crippen molar-refractivity contribution >= 4 is 31.9 Å². The maximum absolute atomic E-state index is 12.5. The second-order valence-electron chi connectivity index (χ2n) is 2.95. The summed E-state index contributed by atoms with van der Waals surface area (Å²) in [5.41, 5.74) is -0.962. The molecule has 2 aromatic rings. The molecule has 4 nitrogen and oxygen atoms in total. The number of nitrogens with zero attached hydrogens (tertiary/aromatic N) is 3. The summed E-state index contributed by atoms with van der Waals surface area (Å²) in [4.78, 5) is 13.5. The number of nitrogens with one attached hydrogen (secondary N) is 1. The smallest absolute Gasteiger partial charge is 0.331 e. The molecule has 2 aromatic heterocycles. The lowest BCUT2D eigenvalue weighted by Gasteiger charge is -2.02. The fraction of sp³-hybridized carbons (Fsp3) is 0.125. The molecule has 0 spiro atoms. The molecule has 0 fully saturated rings. The van der Waals surface area contributed by atoms with Gasteiger partial charge >= 0.3 is 6.18 Å². The standard InChI is InChI=1S/C8H3Br2F3N4/c9-3-1-2-14-6(15-3)7-16-4(5(10)17-7)8(11,12)13/h1-2H,(H,16,17). The summed E-state index contributed by atoms with van der Waals surface area (Å²) in [6.07, 6.45) is -3.09. The van der Waals surface area contributed by atoms with E-state index in [2.05, 4.69) is 51.8 Å². The first-order valence-corrected chi connectivity index (χ1v) is 5.78. The van der Waals surface area contributed by atoms with Crippen molar-refractivity contribution in [3.8, 4) is 11.6 Å². The minimum Gasteiger partial charge on any atom is -0.331 e. The van der Waals surface area contributed by atoms with E-state index in [1.807, 2.05) is 0 Å². The highest BCUT2D eigenvalue weighted by Crippen LogP contribution is 2.34. The number of alkyl halides is 3. The average molecular weight is 372 g/mol. The summed E-state index contributed by atoms with van der Waals surface area (Å²) >= 11 is 5.84. The molecule has 0 aromatic carbocycles. The third-order valence-corrected chi connectivity index (χ3v) is 2.79. The van der Waals surface area contributed by atoms with Gasteiger partial charge in [-0.3, -0.25) is 0 Å². The van der Waals surface area contributed by atoms with Crippen LogP contribution in [0.25, 0.3) is 11.6 Å². The SMILES string of the molecule is FC(F)(F)c1[nH]c(-c2nccc(Br)n2)nc1Br. The van der Waals surface area contributed by atoms with Crippen molar-refractivity contribution in [1.29, 1.82) is 0 Å². The van der Waals surface area contributed by atoms with Crippen molar-refractivity contribution in [3.05, 3.63) is 27.2 Å². The number of H-pyrrole nitrogens is 1. The van der Waals surface area contributed by atoms with Gasteiger partial charge in [-0.1, -0.05) is 0 Å². The summed E-state index contributed by atoms with van der Waals surface area (Å²) in [6.45, 7) is 0. The normalized spacial score (nSPS) is 11.8. The Morgan fingerprint density at radius 3 is 2.41 bits per heavy atom. The van der Waals surface area contributed by atoms with Crippen LogP contribution in [0, 0.1) is 0 Å². The number of imidazole rings is 1. The number of hydrogen-bond donors (Lipinski definition) is 1. The third-order valence-electron chi connectivity index (χ3n) is 1.78. The highest BCUT2D eigenvalue weighted by atomic mass is 79.9. The van der Waals surface area contributed by atoms with Crippen molar-refractivity contribution in [2.45, 2.75) is 6.18 Å². The third kappa shape index (κ3) is 2.65. The molecule has 9 heteroatoms. The molecule has 0 saturated heterocycles. The Bertz CT molecular complexity index is 552. The first-order chi connectivity index (χ1) is 7.88. The van der Waals surface area contributed by atoms with Crippen molar-refractivity contribution < 1.29 is 13.2 Å². The number of halogens is 5. The lowest BCUT2D eigenvalue weighted by atomic mass is 10.5. The van der Waals surface area contributed by atoms with Gasteiger partial charge in [0, 0.05) is 6.20 Å². The van der Waals surface area contributed by atoms with E-state index in [1.165, 1.54) is 6.20 Å². The number of aromatic nitrogens is 4. The monoisotopic (exact) mass is 370 g/mol. The fourth-order valence-corrected chi connectivity index (χ4v) is 1.88. The van der Waals surface area contributed by atoms with Crippen LogP contribution in [-0.2, 0) is 6.18 Å². The van der Waals surface area contributed by atoms with Gasteiger partial charge in [0.25, 0.3) is 0 Å². The molecule has 0 aliphatic rings. The van der Waals surface area contributed by atoms with Gasteiger partial charge in [-0.05, 0) is 37.9 Å². The zero-order valence-electron chi connectivity index (χ0n) is 7.89. The van der Waals surface area contributed by atoms with Crippen LogP contribution in [0.15, 0.2) is 21.5 Å². The molecule has 90 valence electrons. The van der Waals surface area contributed by atoms with Gasteiger partial charge in [0.1, 0.15) is 9.21 Å². The molecule has 2 heterocycles. The van der Waals surface area contributed by atoms with Gasteiger partial charge in [0.05, 0.1) is 0 Å². The topological polar surface area (TPSA) is 54.5 Å².